The molecular formula is C11H14FNO4. The summed E-state index contributed by atoms with van der Waals surface area (Å²) in [4.78, 5) is 10.4. The molecule has 0 radical (unpaired) electrons. The minimum Gasteiger partial charge on any atom is -0.493 e. The number of carbonyl (C=O) groups is 1. The van der Waals surface area contributed by atoms with Gasteiger partial charge in [0.05, 0.1) is 12.7 Å². The zero-order valence-electron chi connectivity index (χ0n) is 9.04. The van der Waals surface area contributed by atoms with E-state index in [2.05, 4.69) is 0 Å². The van der Waals surface area contributed by atoms with Crippen molar-refractivity contribution >= 4 is 5.97 Å². The maximum atomic E-state index is 12.8. The number of carboxylic acid groups (broad SMARTS) is 1. The maximum absolute atomic E-state index is 12.8. The Labute approximate surface area is 97.6 Å². The smallest absolute Gasteiger partial charge is 0.323 e. The molecule has 0 aromatic heterocycles. The number of halogens is 1. The van der Waals surface area contributed by atoms with Gasteiger partial charge in [-0.2, -0.15) is 0 Å². The van der Waals surface area contributed by atoms with Crippen molar-refractivity contribution in [3.8, 4) is 5.75 Å². The third-order valence-electron chi connectivity index (χ3n) is 2.18. The molecule has 4 N–H and O–H groups in total. The normalized spacial score (nSPS) is 14.1. The Kier molecular flexibility index (Phi) is 4.86. The van der Waals surface area contributed by atoms with Gasteiger partial charge in [0.2, 0.25) is 0 Å². The molecule has 0 bridgehead atoms. The summed E-state index contributed by atoms with van der Waals surface area (Å²) in [5.41, 5.74) is 5.20. The van der Waals surface area contributed by atoms with Crippen LogP contribution in [0.15, 0.2) is 24.3 Å². The average molecular weight is 243 g/mol. The van der Waals surface area contributed by atoms with Gasteiger partial charge in [0.15, 0.2) is 0 Å². The number of aliphatic carboxylic acids is 1. The molecule has 0 aliphatic carbocycles. The fraction of sp³-hybridized carbons (Fsp3) is 0.364. The van der Waals surface area contributed by atoms with Crippen LogP contribution in [-0.4, -0.2) is 34.9 Å². The third-order valence-corrected chi connectivity index (χ3v) is 2.18. The minimum absolute atomic E-state index is 0.0595. The van der Waals surface area contributed by atoms with E-state index < -0.39 is 23.9 Å². The number of hydrogen-bond acceptors (Lipinski definition) is 4. The summed E-state index contributed by atoms with van der Waals surface area (Å²) in [5, 5.41) is 17.9. The van der Waals surface area contributed by atoms with Crippen LogP contribution in [0.3, 0.4) is 0 Å². The number of hydrogen-bond donors (Lipinski definition) is 3. The van der Waals surface area contributed by atoms with Crippen LogP contribution in [0.5, 0.6) is 5.75 Å². The standard InChI is InChI=1S/C11H14FNO4/c12-7-2-1-3-8(6-7)17-5-4-9(14)10(13)11(15)16/h1-3,6,9-10,14H,4-5,13H2,(H,15,16). The quantitative estimate of drug-likeness (QED) is 0.671. The molecule has 0 saturated heterocycles. The van der Waals surface area contributed by atoms with Crippen LogP contribution in [0.4, 0.5) is 4.39 Å². The van der Waals surface area contributed by atoms with Crippen LogP contribution in [0.25, 0.3) is 0 Å². The molecule has 0 saturated carbocycles. The number of nitrogens with two attached hydrogens (primary N) is 1. The second-order valence-corrected chi connectivity index (χ2v) is 3.53. The van der Waals surface area contributed by atoms with Crippen molar-refractivity contribution < 1.29 is 24.1 Å². The van der Waals surface area contributed by atoms with Gasteiger partial charge < -0.3 is 20.7 Å². The molecule has 5 nitrogen and oxygen atoms in total. The Balaban J connectivity index is 2.35. The lowest BCUT2D eigenvalue weighted by molar-refractivity contribution is -0.141. The number of benzene rings is 1. The first-order valence-electron chi connectivity index (χ1n) is 5.05. The molecule has 94 valence electrons. The minimum atomic E-state index is -1.34. The lowest BCUT2D eigenvalue weighted by Crippen LogP contribution is -2.42. The largest absolute Gasteiger partial charge is 0.493 e. The topological polar surface area (TPSA) is 92.8 Å². The third kappa shape index (κ3) is 4.38. The van der Waals surface area contributed by atoms with Gasteiger partial charge in [-0.05, 0) is 12.1 Å². The molecule has 0 aliphatic heterocycles. The Morgan fingerprint density at radius 1 is 1.53 bits per heavy atom. The molecule has 2 atom stereocenters. The second-order valence-electron chi connectivity index (χ2n) is 3.53. The van der Waals surface area contributed by atoms with Crippen molar-refractivity contribution in [1.29, 1.82) is 0 Å². The summed E-state index contributed by atoms with van der Waals surface area (Å²) in [6.45, 7) is 0.0611. The van der Waals surface area contributed by atoms with E-state index >= 15 is 0 Å². The van der Waals surface area contributed by atoms with Crippen LogP contribution < -0.4 is 10.5 Å². The Morgan fingerprint density at radius 2 is 2.24 bits per heavy atom. The Morgan fingerprint density at radius 3 is 2.82 bits per heavy atom. The van der Waals surface area contributed by atoms with Crippen LogP contribution in [-0.2, 0) is 4.79 Å². The maximum Gasteiger partial charge on any atom is 0.323 e. The van der Waals surface area contributed by atoms with Crippen molar-refractivity contribution in [2.75, 3.05) is 6.61 Å². The van der Waals surface area contributed by atoms with Gasteiger partial charge in [-0.25, -0.2) is 4.39 Å². The van der Waals surface area contributed by atoms with Gasteiger partial charge in [-0.1, -0.05) is 6.07 Å². The summed E-state index contributed by atoms with van der Waals surface area (Å²) >= 11 is 0. The molecule has 1 aromatic carbocycles. The van der Waals surface area contributed by atoms with Gasteiger partial charge in [-0.3, -0.25) is 4.79 Å². The highest BCUT2D eigenvalue weighted by atomic mass is 19.1. The molecular weight excluding hydrogens is 229 g/mol. The van der Waals surface area contributed by atoms with Crippen LogP contribution in [0.2, 0.25) is 0 Å². The molecule has 2 unspecified atom stereocenters. The highest BCUT2D eigenvalue weighted by Gasteiger charge is 2.21. The van der Waals surface area contributed by atoms with Gasteiger partial charge in [-0.15, -0.1) is 0 Å². The monoisotopic (exact) mass is 243 g/mol. The first kappa shape index (κ1) is 13.4. The van der Waals surface area contributed by atoms with Crippen molar-refractivity contribution in [3.05, 3.63) is 30.1 Å². The fourth-order valence-electron chi connectivity index (χ4n) is 1.20. The number of carboxylic acids is 1. The highest BCUT2D eigenvalue weighted by molar-refractivity contribution is 5.73. The van der Waals surface area contributed by atoms with E-state index in [1.807, 2.05) is 0 Å². The van der Waals surface area contributed by atoms with Crippen LogP contribution in [0.1, 0.15) is 6.42 Å². The zero-order chi connectivity index (χ0) is 12.8. The Hall–Kier alpha value is -1.66. The van der Waals surface area contributed by atoms with Crippen molar-refractivity contribution in [1.82, 2.24) is 0 Å². The van der Waals surface area contributed by atoms with Crippen molar-refractivity contribution in [2.24, 2.45) is 5.73 Å². The van der Waals surface area contributed by atoms with E-state index in [4.69, 9.17) is 15.6 Å². The van der Waals surface area contributed by atoms with E-state index in [1.165, 1.54) is 18.2 Å². The number of aliphatic hydroxyl groups is 1. The van der Waals surface area contributed by atoms with Crippen molar-refractivity contribution in [3.63, 3.8) is 0 Å². The van der Waals surface area contributed by atoms with Gasteiger partial charge in [0.1, 0.15) is 17.6 Å². The lowest BCUT2D eigenvalue weighted by atomic mass is 10.1. The first-order chi connectivity index (χ1) is 8.00. The molecule has 6 heteroatoms. The van der Waals surface area contributed by atoms with E-state index in [9.17, 15) is 14.3 Å². The van der Waals surface area contributed by atoms with Gasteiger partial charge in [0, 0.05) is 12.5 Å². The predicted molar refractivity (Wildman–Crippen MR) is 58.1 cm³/mol. The molecule has 1 aromatic rings. The number of ether oxygens (including phenoxy) is 1. The van der Waals surface area contributed by atoms with Crippen LogP contribution in [0, 0.1) is 5.82 Å². The summed E-state index contributed by atoms with van der Waals surface area (Å²) in [6, 6.07) is 4.19. The van der Waals surface area contributed by atoms with E-state index in [1.54, 1.807) is 6.07 Å². The Bertz CT molecular complexity index is 385. The fourth-order valence-corrected chi connectivity index (χ4v) is 1.20. The van der Waals surface area contributed by atoms with E-state index in [-0.39, 0.29) is 13.0 Å². The van der Waals surface area contributed by atoms with E-state index in [0.29, 0.717) is 5.75 Å². The lowest BCUT2D eigenvalue weighted by Gasteiger charge is -2.15. The molecule has 0 amide bonds. The van der Waals surface area contributed by atoms with Crippen LogP contribution >= 0.6 is 0 Å². The summed E-state index contributed by atoms with van der Waals surface area (Å²) in [7, 11) is 0. The number of rotatable bonds is 6. The second kappa shape index (κ2) is 6.17. The SMILES string of the molecule is NC(C(=O)O)C(O)CCOc1cccc(F)c1. The summed E-state index contributed by atoms with van der Waals surface area (Å²) in [6.07, 6.45) is -1.13. The molecule has 0 heterocycles. The van der Waals surface area contributed by atoms with E-state index in [0.717, 1.165) is 0 Å². The van der Waals surface area contributed by atoms with Crippen molar-refractivity contribution in [2.45, 2.75) is 18.6 Å². The number of aliphatic hydroxyl groups excluding tert-OH is 1. The molecule has 17 heavy (non-hydrogen) atoms. The summed E-state index contributed by atoms with van der Waals surface area (Å²) < 4.78 is 17.9. The molecule has 0 spiro atoms. The first-order valence-corrected chi connectivity index (χ1v) is 5.05. The molecule has 0 fully saturated rings. The highest BCUT2D eigenvalue weighted by Crippen LogP contribution is 2.12. The molecule has 1 rings (SSSR count). The van der Waals surface area contributed by atoms with Gasteiger partial charge in [0.25, 0.3) is 0 Å². The molecule has 0 aliphatic rings. The predicted octanol–water partition coefficient (Wildman–Crippen LogP) is 0.367. The summed E-state index contributed by atoms with van der Waals surface area (Å²) in [5.74, 6) is -1.38. The average Bonchev–Trinajstić information content (AvgIpc) is 2.27. The van der Waals surface area contributed by atoms with Gasteiger partial charge >= 0.3 is 5.97 Å². The zero-order valence-corrected chi connectivity index (χ0v) is 9.04.